The first-order valence-electron chi connectivity index (χ1n) is 7.60. The van der Waals surface area contributed by atoms with Crippen LogP contribution in [0.3, 0.4) is 0 Å². The molecule has 0 heterocycles. The van der Waals surface area contributed by atoms with E-state index in [4.69, 9.17) is 8.92 Å². The quantitative estimate of drug-likeness (QED) is 0.571. The van der Waals surface area contributed by atoms with Gasteiger partial charge < -0.3 is 15.2 Å². The van der Waals surface area contributed by atoms with Gasteiger partial charge in [0.05, 0.1) is 6.26 Å². The molecule has 7 heteroatoms. The summed E-state index contributed by atoms with van der Waals surface area (Å²) in [6, 6.07) is 7.32. The SMILES string of the molecule is CNCC(OS(C)(=O)=O)C1=CC=CC(O)(Oc2ccc(C)cc2)C1. The summed E-state index contributed by atoms with van der Waals surface area (Å²) in [6.07, 6.45) is 5.32. The molecule has 0 aliphatic heterocycles. The number of nitrogens with one attached hydrogen (secondary N) is 1. The Morgan fingerprint density at radius 3 is 2.58 bits per heavy atom. The molecule has 0 spiro atoms. The number of ether oxygens (including phenoxy) is 1. The Morgan fingerprint density at radius 2 is 2.00 bits per heavy atom. The number of benzene rings is 1. The summed E-state index contributed by atoms with van der Waals surface area (Å²) >= 11 is 0. The first-order chi connectivity index (χ1) is 11.2. The van der Waals surface area contributed by atoms with Gasteiger partial charge in [-0.1, -0.05) is 29.8 Å². The minimum absolute atomic E-state index is 0.110. The van der Waals surface area contributed by atoms with Gasteiger partial charge in [0.1, 0.15) is 11.9 Å². The van der Waals surface area contributed by atoms with Crippen molar-refractivity contribution in [3.63, 3.8) is 0 Å². The number of likely N-dealkylation sites (N-methyl/N-ethyl adjacent to an activating group) is 1. The van der Waals surface area contributed by atoms with E-state index in [0.29, 0.717) is 17.9 Å². The number of rotatable bonds is 7. The van der Waals surface area contributed by atoms with Crippen molar-refractivity contribution in [1.29, 1.82) is 0 Å². The summed E-state index contributed by atoms with van der Waals surface area (Å²) in [5.74, 6) is -1.02. The fourth-order valence-corrected chi connectivity index (χ4v) is 3.07. The van der Waals surface area contributed by atoms with Crippen LogP contribution in [0, 0.1) is 6.92 Å². The molecule has 0 saturated heterocycles. The highest BCUT2D eigenvalue weighted by molar-refractivity contribution is 7.86. The van der Waals surface area contributed by atoms with Crippen molar-refractivity contribution in [2.45, 2.75) is 25.2 Å². The topological polar surface area (TPSA) is 84.9 Å². The summed E-state index contributed by atoms with van der Waals surface area (Å²) in [7, 11) is -1.92. The molecule has 2 atom stereocenters. The Hall–Kier alpha value is -1.67. The molecule has 0 aromatic heterocycles. The van der Waals surface area contributed by atoms with Gasteiger partial charge in [-0.15, -0.1) is 0 Å². The van der Waals surface area contributed by atoms with E-state index in [-0.39, 0.29) is 6.42 Å². The lowest BCUT2D eigenvalue weighted by molar-refractivity contribution is -0.0961. The van der Waals surface area contributed by atoms with Crippen LogP contribution in [0.25, 0.3) is 0 Å². The highest BCUT2D eigenvalue weighted by Gasteiger charge is 2.33. The van der Waals surface area contributed by atoms with E-state index >= 15 is 0 Å². The molecule has 0 amide bonds. The van der Waals surface area contributed by atoms with Crippen molar-refractivity contribution in [2.75, 3.05) is 19.8 Å². The minimum atomic E-state index is -3.62. The average molecular weight is 353 g/mol. The lowest BCUT2D eigenvalue weighted by atomic mass is 9.95. The molecule has 0 radical (unpaired) electrons. The van der Waals surface area contributed by atoms with Gasteiger partial charge in [-0.05, 0) is 37.8 Å². The number of aliphatic hydroxyl groups is 1. The predicted molar refractivity (Wildman–Crippen MR) is 92.2 cm³/mol. The van der Waals surface area contributed by atoms with Gasteiger partial charge in [0.2, 0.25) is 5.79 Å². The Balaban J connectivity index is 2.15. The predicted octanol–water partition coefficient (Wildman–Crippen LogP) is 1.51. The van der Waals surface area contributed by atoms with Gasteiger partial charge in [0, 0.05) is 13.0 Å². The Bertz CT molecular complexity index is 724. The van der Waals surface area contributed by atoms with Crippen LogP contribution < -0.4 is 10.1 Å². The monoisotopic (exact) mass is 353 g/mol. The fraction of sp³-hybridized carbons (Fsp3) is 0.412. The molecule has 1 aliphatic carbocycles. The number of hydrogen-bond acceptors (Lipinski definition) is 6. The van der Waals surface area contributed by atoms with Gasteiger partial charge in [0.15, 0.2) is 0 Å². The van der Waals surface area contributed by atoms with Crippen LogP contribution in [-0.4, -0.2) is 45.3 Å². The maximum Gasteiger partial charge on any atom is 0.265 e. The van der Waals surface area contributed by atoms with E-state index in [2.05, 4.69) is 5.32 Å². The highest BCUT2D eigenvalue weighted by atomic mass is 32.2. The molecule has 2 unspecified atom stereocenters. The van der Waals surface area contributed by atoms with Gasteiger partial charge in [-0.25, -0.2) is 0 Å². The van der Waals surface area contributed by atoms with Crippen molar-refractivity contribution in [3.05, 3.63) is 53.6 Å². The number of hydrogen-bond donors (Lipinski definition) is 2. The highest BCUT2D eigenvalue weighted by Crippen LogP contribution is 2.30. The summed E-state index contributed by atoms with van der Waals surface area (Å²) in [5.41, 5.74) is 1.72. The molecular weight excluding hydrogens is 330 g/mol. The van der Waals surface area contributed by atoms with Crippen molar-refractivity contribution >= 4 is 10.1 Å². The third kappa shape index (κ3) is 5.45. The van der Waals surface area contributed by atoms with E-state index in [1.54, 1.807) is 31.3 Å². The second-order valence-corrected chi connectivity index (χ2v) is 7.48. The Kier molecular flexibility index (Phi) is 5.82. The summed E-state index contributed by atoms with van der Waals surface area (Å²) in [6.45, 7) is 2.26. The van der Waals surface area contributed by atoms with Crippen LogP contribution in [-0.2, 0) is 14.3 Å². The molecular formula is C17H23NO5S. The molecule has 24 heavy (non-hydrogen) atoms. The molecule has 0 fully saturated rings. The van der Waals surface area contributed by atoms with Gasteiger partial charge >= 0.3 is 0 Å². The maximum absolute atomic E-state index is 11.5. The van der Waals surface area contributed by atoms with Gasteiger partial charge in [0.25, 0.3) is 10.1 Å². The molecule has 1 aromatic carbocycles. The lowest BCUT2D eigenvalue weighted by Crippen LogP contribution is -2.40. The van der Waals surface area contributed by atoms with Gasteiger partial charge in [-0.3, -0.25) is 4.18 Å². The van der Waals surface area contributed by atoms with Crippen LogP contribution in [0.4, 0.5) is 0 Å². The molecule has 0 saturated carbocycles. The molecule has 2 rings (SSSR count). The van der Waals surface area contributed by atoms with Crippen LogP contribution >= 0.6 is 0 Å². The van der Waals surface area contributed by atoms with E-state index in [1.165, 1.54) is 6.08 Å². The zero-order valence-corrected chi connectivity index (χ0v) is 14.8. The lowest BCUT2D eigenvalue weighted by Gasteiger charge is -2.31. The third-order valence-electron chi connectivity index (χ3n) is 3.53. The minimum Gasteiger partial charge on any atom is -0.459 e. The van der Waals surface area contributed by atoms with E-state index in [1.807, 2.05) is 19.1 Å². The molecule has 6 nitrogen and oxygen atoms in total. The molecule has 1 aromatic rings. The van der Waals surface area contributed by atoms with Crippen LogP contribution in [0.15, 0.2) is 48.1 Å². The van der Waals surface area contributed by atoms with Crippen molar-refractivity contribution in [3.8, 4) is 5.75 Å². The Labute approximate surface area is 142 Å². The second kappa shape index (κ2) is 7.48. The van der Waals surface area contributed by atoms with Gasteiger partial charge in [-0.2, -0.15) is 8.42 Å². The number of aryl methyl sites for hydroxylation is 1. The summed E-state index contributed by atoms with van der Waals surface area (Å²) in [4.78, 5) is 0. The van der Waals surface area contributed by atoms with E-state index < -0.39 is 22.0 Å². The van der Waals surface area contributed by atoms with E-state index in [9.17, 15) is 13.5 Å². The average Bonchev–Trinajstić information content (AvgIpc) is 2.48. The zero-order valence-electron chi connectivity index (χ0n) is 14.0. The molecule has 1 aliphatic rings. The first-order valence-corrected chi connectivity index (χ1v) is 9.42. The first kappa shape index (κ1) is 18.7. The normalized spacial score (nSPS) is 22.1. The number of allylic oxidation sites excluding steroid dienone is 2. The third-order valence-corrected chi connectivity index (χ3v) is 4.12. The molecule has 132 valence electrons. The van der Waals surface area contributed by atoms with E-state index in [0.717, 1.165) is 11.8 Å². The maximum atomic E-state index is 11.5. The van der Waals surface area contributed by atoms with Crippen LogP contribution in [0.2, 0.25) is 0 Å². The molecule has 2 N–H and O–H groups in total. The van der Waals surface area contributed by atoms with Crippen molar-refractivity contribution in [2.24, 2.45) is 0 Å². The Morgan fingerprint density at radius 1 is 1.33 bits per heavy atom. The van der Waals surface area contributed by atoms with Crippen LogP contribution in [0.5, 0.6) is 5.75 Å². The smallest absolute Gasteiger partial charge is 0.265 e. The summed E-state index contributed by atoms with van der Waals surface area (Å²) in [5, 5.41) is 13.6. The second-order valence-electron chi connectivity index (χ2n) is 5.88. The summed E-state index contributed by atoms with van der Waals surface area (Å²) < 4.78 is 33.7. The zero-order chi connectivity index (χ0) is 17.8. The van der Waals surface area contributed by atoms with Crippen molar-refractivity contribution in [1.82, 2.24) is 5.32 Å². The standard InChI is InChI=1S/C17H23NO5S/c1-13-6-8-15(9-7-13)22-17(19)10-4-5-14(11-17)16(12-18-2)23-24(3,20)21/h4-10,16,18-19H,11-12H2,1-3H3. The van der Waals surface area contributed by atoms with Crippen LogP contribution in [0.1, 0.15) is 12.0 Å². The largest absolute Gasteiger partial charge is 0.459 e. The molecule has 0 bridgehead atoms. The van der Waals surface area contributed by atoms with Crippen molar-refractivity contribution < 1.29 is 22.4 Å². The fourth-order valence-electron chi connectivity index (χ4n) is 2.46.